The number of hydrogen-bond donors (Lipinski definition) is 3. The maximum absolute atomic E-state index is 13.3. The van der Waals surface area contributed by atoms with Crippen LogP contribution in [0.15, 0.2) is 24.5 Å². The van der Waals surface area contributed by atoms with Crippen LogP contribution in [-0.4, -0.2) is 43.2 Å². The highest BCUT2D eigenvalue weighted by Gasteiger charge is 2.35. The fourth-order valence-corrected chi connectivity index (χ4v) is 2.88. The normalized spacial score (nSPS) is 12.5. The Morgan fingerprint density at radius 3 is 2.52 bits per heavy atom. The summed E-state index contributed by atoms with van der Waals surface area (Å²) in [6, 6.07) is 2.55. The molecule has 0 aliphatic heterocycles. The van der Waals surface area contributed by atoms with Gasteiger partial charge in [0.2, 0.25) is 11.8 Å². The van der Waals surface area contributed by atoms with E-state index in [1.807, 2.05) is 0 Å². The smallest absolute Gasteiger partial charge is 0.421 e. The summed E-state index contributed by atoms with van der Waals surface area (Å²) < 4.78 is 44.7. The molecule has 3 aromatic heterocycles. The third-order valence-electron chi connectivity index (χ3n) is 4.09. The summed E-state index contributed by atoms with van der Waals surface area (Å²) >= 11 is 0. The van der Waals surface area contributed by atoms with E-state index in [0.29, 0.717) is 23.4 Å². The number of anilines is 3. The number of methoxy groups -OCH3 is 1. The summed E-state index contributed by atoms with van der Waals surface area (Å²) in [4.78, 5) is 20.3. The van der Waals surface area contributed by atoms with Gasteiger partial charge in [0.05, 0.1) is 30.7 Å². The van der Waals surface area contributed by atoms with Gasteiger partial charge in [0.15, 0.2) is 5.82 Å². The van der Waals surface area contributed by atoms with Gasteiger partial charge in [0.1, 0.15) is 17.2 Å². The van der Waals surface area contributed by atoms with Gasteiger partial charge in [-0.05, 0) is 38.0 Å². The number of hydrogen-bond acceptors (Lipinski definition) is 9. The Labute approximate surface area is 175 Å². The van der Waals surface area contributed by atoms with Gasteiger partial charge in [0.25, 0.3) is 0 Å². The summed E-state index contributed by atoms with van der Waals surface area (Å²) in [6.07, 6.45) is -2.29. The van der Waals surface area contributed by atoms with E-state index >= 15 is 0 Å². The number of aliphatic hydroxyl groups excluding tert-OH is 1. The van der Waals surface area contributed by atoms with Crippen LogP contribution < -0.4 is 15.8 Å². The second-order valence-electron chi connectivity index (χ2n) is 6.76. The van der Waals surface area contributed by atoms with Crippen molar-refractivity contribution in [3.05, 3.63) is 41.5 Å². The molecule has 0 fully saturated rings. The fourth-order valence-electron chi connectivity index (χ4n) is 2.88. The summed E-state index contributed by atoms with van der Waals surface area (Å²) in [6.45, 7) is 3.25. The molecule has 31 heavy (non-hydrogen) atoms. The first-order chi connectivity index (χ1) is 14.6. The summed E-state index contributed by atoms with van der Waals surface area (Å²) in [5.74, 6) is 0.170. The molecule has 0 saturated carbocycles. The minimum absolute atomic E-state index is 0.0140. The van der Waals surface area contributed by atoms with Crippen molar-refractivity contribution < 1.29 is 23.0 Å². The number of rotatable bonds is 6. The Morgan fingerprint density at radius 2 is 1.90 bits per heavy atom. The molecule has 0 aliphatic rings. The quantitative estimate of drug-likeness (QED) is 0.535. The second kappa shape index (κ2) is 8.68. The zero-order valence-corrected chi connectivity index (χ0v) is 16.9. The number of halogens is 3. The third kappa shape index (κ3) is 5.34. The highest BCUT2D eigenvalue weighted by Crippen LogP contribution is 2.37. The average molecular weight is 435 g/mol. The van der Waals surface area contributed by atoms with E-state index in [-0.39, 0.29) is 23.3 Å². The Morgan fingerprint density at radius 1 is 1.16 bits per heavy atom. The minimum atomic E-state index is -4.66. The molecule has 12 heteroatoms. The van der Waals surface area contributed by atoms with E-state index in [0.717, 1.165) is 13.2 Å². The lowest BCUT2D eigenvalue weighted by Gasteiger charge is -2.15. The first-order valence-corrected chi connectivity index (χ1v) is 9.10. The van der Waals surface area contributed by atoms with E-state index in [1.54, 1.807) is 19.9 Å². The van der Waals surface area contributed by atoms with Gasteiger partial charge in [-0.2, -0.15) is 23.1 Å². The van der Waals surface area contributed by atoms with Crippen LogP contribution in [0.4, 0.5) is 30.6 Å². The Bertz CT molecular complexity index is 1070. The number of ether oxygens (including phenoxy) is 1. The Balaban J connectivity index is 2.09. The van der Waals surface area contributed by atoms with Crippen LogP contribution in [-0.2, 0) is 12.6 Å². The first kappa shape index (κ1) is 22.2. The molecular formula is C19H20F3N7O2. The maximum Gasteiger partial charge on any atom is 0.421 e. The van der Waals surface area contributed by atoms with Crippen molar-refractivity contribution >= 4 is 17.5 Å². The van der Waals surface area contributed by atoms with Crippen LogP contribution in [0.2, 0.25) is 0 Å². The lowest BCUT2D eigenvalue weighted by Crippen LogP contribution is -2.10. The topological polar surface area (TPSA) is 132 Å². The second-order valence-corrected chi connectivity index (χ2v) is 6.76. The molecule has 4 N–H and O–H groups in total. The standard InChI is InChI=1S/C19H20F3N7O2/c1-9(30)4-11-5-13(16-26-10(2)27-18(23)29-16)15(24-7-11)28-12-6-14(19(20,21)22)17(31-3)25-8-12/h5-9,30H,4H2,1-3H3,(H,24,28)(H2,23,26,27,29). The van der Waals surface area contributed by atoms with Crippen molar-refractivity contribution in [2.75, 3.05) is 18.2 Å². The van der Waals surface area contributed by atoms with E-state index in [1.165, 1.54) is 12.4 Å². The Hall–Kier alpha value is -3.54. The summed E-state index contributed by atoms with van der Waals surface area (Å²) in [5.41, 5.74) is 5.77. The van der Waals surface area contributed by atoms with Crippen LogP contribution in [0.1, 0.15) is 23.9 Å². The molecule has 1 unspecified atom stereocenters. The molecule has 164 valence electrons. The molecule has 0 bridgehead atoms. The predicted molar refractivity (Wildman–Crippen MR) is 107 cm³/mol. The molecule has 0 amide bonds. The van der Waals surface area contributed by atoms with Gasteiger partial charge in [-0.25, -0.2) is 15.0 Å². The molecule has 0 radical (unpaired) electrons. The van der Waals surface area contributed by atoms with Gasteiger partial charge < -0.3 is 20.9 Å². The predicted octanol–water partition coefficient (Wildman–Crippen LogP) is 2.91. The number of nitrogen functional groups attached to an aromatic ring is 1. The first-order valence-electron chi connectivity index (χ1n) is 9.10. The molecule has 9 nitrogen and oxygen atoms in total. The van der Waals surface area contributed by atoms with Gasteiger partial charge in [0, 0.05) is 6.20 Å². The molecule has 0 aromatic carbocycles. The average Bonchev–Trinajstić information content (AvgIpc) is 2.67. The van der Waals surface area contributed by atoms with Crippen LogP contribution in [0, 0.1) is 6.92 Å². The monoisotopic (exact) mass is 435 g/mol. The zero-order valence-electron chi connectivity index (χ0n) is 16.9. The molecule has 3 aromatic rings. The van der Waals surface area contributed by atoms with Crippen molar-refractivity contribution in [2.45, 2.75) is 32.5 Å². The van der Waals surface area contributed by atoms with Crippen LogP contribution in [0.5, 0.6) is 5.88 Å². The molecule has 3 heterocycles. The van der Waals surface area contributed by atoms with Gasteiger partial charge in [-0.1, -0.05) is 0 Å². The lowest BCUT2D eigenvalue weighted by atomic mass is 10.1. The van der Waals surface area contributed by atoms with Gasteiger partial charge in [-0.15, -0.1) is 0 Å². The molecule has 3 rings (SSSR count). The van der Waals surface area contributed by atoms with Crippen molar-refractivity contribution in [3.8, 4) is 17.3 Å². The lowest BCUT2D eigenvalue weighted by molar-refractivity contribution is -0.139. The Kier molecular flexibility index (Phi) is 6.20. The number of nitrogens with two attached hydrogens (primary N) is 1. The highest BCUT2D eigenvalue weighted by atomic mass is 19.4. The molecule has 0 spiro atoms. The summed E-state index contributed by atoms with van der Waals surface area (Å²) in [7, 11) is 1.11. The number of aliphatic hydroxyl groups is 1. The molecule has 1 atom stereocenters. The van der Waals surface area contributed by atoms with E-state index in [4.69, 9.17) is 10.5 Å². The minimum Gasteiger partial charge on any atom is -0.481 e. The number of nitrogens with zero attached hydrogens (tertiary/aromatic N) is 5. The van der Waals surface area contributed by atoms with Gasteiger partial charge >= 0.3 is 6.18 Å². The largest absolute Gasteiger partial charge is 0.481 e. The maximum atomic E-state index is 13.3. The van der Waals surface area contributed by atoms with Crippen molar-refractivity contribution in [3.63, 3.8) is 0 Å². The van der Waals surface area contributed by atoms with Crippen molar-refractivity contribution in [1.82, 2.24) is 24.9 Å². The van der Waals surface area contributed by atoms with E-state index in [2.05, 4.69) is 30.2 Å². The van der Waals surface area contributed by atoms with Crippen molar-refractivity contribution in [1.29, 1.82) is 0 Å². The number of pyridine rings is 2. The van der Waals surface area contributed by atoms with E-state index < -0.39 is 23.7 Å². The van der Waals surface area contributed by atoms with Gasteiger partial charge in [-0.3, -0.25) is 0 Å². The van der Waals surface area contributed by atoms with Crippen LogP contribution in [0.3, 0.4) is 0 Å². The zero-order chi connectivity index (χ0) is 22.8. The van der Waals surface area contributed by atoms with Crippen LogP contribution >= 0.6 is 0 Å². The van der Waals surface area contributed by atoms with Crippen molar-refractivity contribution in [2.24, 2.45) is 0 Å². The highest BCUT2D eigenvalue weighted by molar-refractivity contribution is 5.75. The molecular weight excluding hydrogens is 415 g/mol. The number of alkyl halides is 3. The fraction of sp³-hybridized carbons (Fsp3) is 0.316. The van der Waals surface area contributed by atoms with E-state index in [9.17, 15) is 18.3 Å². The number of aromatic nitrogens is 5. The molecule has 0 saturated heterocycles. The summed E-state index contributed by atoms with van der Waals surface area (Å²) in [5, 5.41) is 12.5. The molecule has 0 aliphatic carbocycles. The van der Waals surface area contributed by atoms with Crippen LogP contribution in [0.25, 0.3) is 11.4 Å². The third-order valence-corrected chi connectivity index (χ3v) is 4.09. The SMILES string of the molecule is COc1ncc(Nc2ncc(CC(C)O)cc2-c2nc(C)nc(N)n2)cc1C(F)(F)F. The number of aryl methyl sites for hydroxylation is 1. The number of nitrogens with one attached hydrogen (secondary N) is 1.